The summed E-state index contributed by atoms with van der Waals surface area (Å²) in [4.78, 5) is 22.8. The number of nitro benzene ring substituents is 1. The van der Waals surface area contributed by atoms with Crippen LogP contribution in [0.25, 0.3) is 10.9 Å². The maximum Gasteiger partial charge on any atom is 0.273 e. The molecule has 8 heteroatoms. The van der Waals surface area contributed by atoms with Gasteiger partial charge in [-0.2, -0.15) is 5.10 Å². The van der Waals surface area contributed by atoms with E-state index in [1.165, 1.54) is 18.2 Å². The molecular weight excluding hydrogens is 411 g/mol. The molecule has 0 spiro atoms. The Morgan fingerprint density at radius 3 is 2.56 bits per heavy atom. The lowest BCUT2D eigenvalue weighted by molar-refractivity contribution is -0.385. The second-order valence-electron chi connectivity index (χ2n) is 7.21. The molecule has 1 N–H and O–H groups in total. The lowest BCUT2D eigenvalue weighted by atomic mass is 10.1. The summed E-state index contributed by atoms with van der Waals surface area (Å²) in [5, 5.41) is 16.1. The fraction of sp³-hybridized carbons (Fsp3) is 0.0833. The summed E-state index contributed by atoms with van der Waals surface area (Å²) in [6, 6.07) is 20.2. The maximum atomic E-state index is 13.2. The number of carbonyl (C=O) groups excluding carboxylic acids is 1. The number of halogens is 1. The average molecular weight is 430 g/mol. The van der Waals surface area contributed by atoms with Gasteiger partial charge in [-0.05, 0) is 23.8 Å². The third-order valence-corrected chi connectivity index (χ3v) is 5.02. The summed E-state index contributed by atoms with van der Waals surface area (Å²) >= 11 is 0. The van der Waals surface area contributed by atoms with Crippen molar-refractivity contribution in [2.24, 2.45) is 5.10 Å². The molecule has 0 aliphatic carbocycles. The number of fused-ring (bicyclic) bond motifs is 1. The summed E-state index contributed by atoms with van der Waals surface area (Å²) in [5.74, 6) is -0.735. The Kier molecular flexibility index (Phi) is 6.03. The lowest BCUT2D eigenvalue weighted by Gasteiger charge is -2.05. The van der Waals surface area contributed by atoms with Crippen molar-refractivity contribution in [1.82, 2.24) is 9.99 Å². The number of nitrogens with zero attached hydrogens (tertiary/aromatic N) is 3. The maximum absolute atomic E-state index is 13.2. The van der Waals surface area contributed by atoms with Crippen molar-refractivity contribution in [3.63, 3.8) is 0 Å². The minimum absolute atomic E-state index is 0.101. The largest absolute Gasteiger partial charge is 0.342 e. The molecule has 0 saturated heterocycles. The fourth-order valence-corrected chi connectivity index (χ4v) is 3.52. The predicted molar refractivity (Wildman–Crippen MR) is 120 cm³/mol. The molecule has 0 fully saturated rings. The van der Waals surface area contributed by atoms with Crippen LogP contribution in [-0.2, 0) is 17.8 Å². The molecule has 0 radical (unpaired) electrons. The zero-order valence-corrected chi connectivity index (χ0v) is 16.9. The van der Waals surface area contributed by atoms with Gasteiger partial charge in [-0.25, -0.2) is 9.82 Å². The van der Waals surface area contributed by atoms with Gasteiger partial charge in [0.15, 0.2) is 0 Å². The molecule has 0 aliphatic heterocycles. The van der Waals surface area contributed by atoms with Crippen molar-refractivity contribution in [3.8, 4) is 0 Å². The molecule has 7 nitrogen and oxygen atoms in total. The SMILES string of the molecule is O=C(Cc1ccccc1[N+](=O)[O-])NN=Cc1cn(Cc2ccc(F)cc2)c2ccccc12. The highest BCUT2D eigenvalue weighted by atomic mass is 19.1. The smallest absolute Gasteiger partial charge is 0.273 e. The Morgan fingerprint density at radius 1 is 1.06 bits per heavy atom. The Labute approximate surface area is 183 Å². The van der Waals surface area contributed by atoms with E-state index in [1.807, 2.05) is 35.0 Å². The minimum Gasteiger partial charge on any atom is -0.342 e. The van der Waals surface area contributed by atoms with Crippen LogP contribution in [0.2, 0.25) is 0 Å². The first-order valence-corrected chi connectivity index (χ1v) is 9.88. The molecule has 32 heavy (non-hydrogen) atoms. The van der Waals surface area contributed by atoms with Crippen molar-refractivity contribution in [1.29, 1.82) is 0 Å². The number of hydrazone groups is 1. The van der Waals surface area contributed by atoms with Crippen LogP contribution in [0.4, 0.5) is 10.1 Å². The second kappa shape index (κ2) is 9.22. The molecule has 0 atom stereocenters. The quantitative estimate of drug-likeness (QED) is 0.267. The first-order chi connectivity index (χ1) is 15.5. The van der Waals surface area contributed by atoms with Crippen molar-refractivity contribution < 1.29 is 14.1 Å². The molecule has 1 aromatic heterocycles. The number of aromatic nitrogens is 1. The Bertz CT molecular complexity index is 1310. The summed E-state index contributed by atoms with van der Waals surface area (Å²) in [5.41, 5.74) is 5.38. The van der Waals surface area contributed by atoms with Gasteiger partial charge >= 0.3 is 0 Å². The molecule has 0 unspecified atom stereocenters. The van der Waals surface area contributed by atoms with Gasteiger partial charge in [-0.3, -0.25) is 14.9 Å². The highest BCUT2D eigenvalue weighted by Crippen LogP contribution is 2.21. The van der Waals surface area contributed by atoms with Gasteiger partial charge in [-0.1, -0.05) is 48.5 Å². The van der Waals surface area contributed by atoms with E-state index in [-0.39, 0.29) is 17.9 Å². The van der Waals surface area contributed by atoms with E-state index in [2.05, 4.69) is 10.5 Å². The highest BCUT2D eigenvalue weighted by molar-refractivity contribution is 5.99. The Balaban J connectivity index is 1.50. The van der Waals surface area contributed by atoms with E-state index in [4.69, 9.17) is 0 Å². The summed E-state index contributed by atoms with van der Waals surface area (Å²) in [6.07, 6.45) is 3.30. The van der Waals surface area contributed by atoms with Crippen LogP contribution in [-0.4, -0.2) is 21.6 Å². The number of nitrogens with one attached hydrogen (secondary N) is 1. The van der Waals surface area contributed by atoms with Crippen molar-refractivity contribution >= 4 is 28.7 Å². The number of hydrogen-bond acceptors (Lipinski definition) is 4. The van der Waals surface area contributed by atoms with Gasteiger partial charge in [0.25, 0.3) is 5.69 Å². The minimum atomic E-state index is -0.512. The van der Waals surface area contributed by atoms with Gasteiger partial charge in [-0.15, -0.1) is 0 Å². The number of carbonyl (C=O) groups is 1. The van der Waals surface area contributed by atoms with Crippen LogP contribution in [0.15, 0.2) is 84.1 Å². The highest BCUT2D eigenvalue weighted by Gasteiger charge is 2.15. The lowest BCUT2D eigenvalue weighted by Crippen LogP contribution is -2.20. The third kappa shape index (κ3) is 4.70. The Morgan fingerprint density at radius 2 is 1.78 bits per heavy atom. The molecule has 0 aliphatic rings. The van der Waals surface area contributed by atoms with Crippen molar-refractivity contribution in [3.05, 3.63) is 112 Å². The molecule has 4 rings (SSSR count). The number of rotatable bonds is 7. The van der Waals surface area contributed by atoms with Crippen molar-refractivity contribution in [2.45, 2.75) is 13.0 Å². The predicted octanol–water partition coefficient (Wildman–Crippen LogP) is 4.43. The van der Waals surface area contributed by atoms with Gasteiger partial charge in [0.2, 0.25) is 5.91 Å². The first-order valence-electron chi connectivity index (χ1n) is 9.88. The molecular formula is C24H19FN4O3. The first kappa shape index (κ1) is 20.9. The van der Waals surface area contributed by atoms with E-state index in [1.54, 1.807) is 36.5 Å². The van der Waals surface area contributed by atoms with Gasteiger partial charge in [0, 0.05) is 40.8 Å². The van der Waals surface area contributed by atoms with Crippen LogP contribution >= 0.6 is 0 Å². The Hall–Kier alpha value is -4.33. The molecule has 1 heterocycles. The van der Waals surface area contributed by atoms with Gasteiger partial charge < -0.3 is 4.57 Å². The number of amides is 1. The summed E-state index contributed by atoms with van der Waals surface area (Å²) < 4.78 is 15.2. The fourth-order valence-electron chi connectivity index (χ4n) is 3.52. The van der Waals surface area contributed by atoms with E-state index in [0.29, 0.717) is 12.1 Å². The van der Waals surface area contributed by atoms with Crippen LogP contribution in [0, 0.1) is 15.9 Å². The van der Waals surface area contributed by atoms with Crippen LogP contribution in [0.5, 0.6) is 0 Å². The van der Waals surface area contributed by atoms with E-state index in [9.17, 15) is 19.3 Å². The molecule has 4 aromatic rings. The second-order valence-corrected chi connectivity index (χ2v) is 7.21. The number of benzene rings is 3. The normalized spacial score (nSPS) is 11.2. The molecule has 1 amide bonds. The van der Waals surface area contributed by atoms with E-state index in [0.717, 1.165) is 22.0 Å². The van der Waals surface area contributed by atoms with E-state index >= 15 is 0 Å². The molecule has 3 aromatic carbocycles. The summed E-state index contributed by atoms with van der Waals surface area (Å²) in [7, 11) is 0. The zero-order chi connectivity index (χ0) is 22.5. The number of para-hydroxylation sites is 2. The number of hydrogen-bond donors (Lipinski definition) is 1. The van der Waals surface area contributed by atoms with Crippen molar-refractivity contribution in [2.75, 3.05) is 0 Å². The van der Waals surface area contributed by atoms with Crippen LogP contribution in [0.3, 0.4) is 0 Å². The van der Waals surface area contributed by atoms with Crippen LogP contribution in [0.1, 0.15) is 16.7 Å². The molecule has 0 bridgehead atoms. The van der Waals surface area contributed by atoms with Gasteiger partial charge in [0.1, 0.15) is 5.82 Å². The van der Waals surface area contributed by atoms with Gasteiger partial charge in [0.05, 0.1) is 17.6 Å². The zero-order valence-electron chi connectivity index (χ0n) is 16.9. The van der Waals surface area contributed by atoms with E-state index < -0.39 is 10.8 Å². The van der Waals surface area contributed by atoms with Crippen LogP contribution < -0.4 is 5.43 Å². The molecule has 0 saturated carbocycles. The monoisotopic (exact) mass is 430 g/mol. The summed E-state index contributed by atoms with van der Waals surface area (Å²) in [6.45, 7) is 0.554. The molecule has 160 valence electrons. The number of nitro groups is 1. The average Bonchev–Trinajstić information content (AvgIpc) is 3.13. The standard InChI is InChI=1S/C24H19FN4O3/c25-20-11-9-17(10-12-20)15-28-16-19(21-6-2-4-8-23(21)28)14-26-27-24(30)13-18-5-1-3-7-22(18)29(31)32/h1-12,14,16H,13,15H2,(H,27,30). The topological polar surface area (TPSA) is 89.5 Å². The third-order valence-electron chi connectivity index (χ3n) is 5.02.